The van der Waals surface area contributed by atoms with Gasteiger partial charge in [-0.2, -0.15) is 23.7 Å². The molecule has 2 heterocycles. The summed E-state index contributed by atoms with van der Waals surface area (Å²) >= 11 is 0. The zero-order valence-corrected chi connectivity index (χ0v) is 14.4. The Hall–Kier alpha value is -3.99. The van der Waals surface area contributed by atoms with Crippen LogP contribution in [-0.4, -0.2) is 10.9 Å². The molecule has 0 bridgehead atoms. The van der Waals surface area contributed by atoms with Crippen molar-refractivity contribution in [2.45, 2.75) is 19.1 Å². The van der Waals surface area contributed by atoms with Gasteiger partial charge >= 0.3 is 6.18 Å². The van der Waals surface area contributed by atoms with Crippen molar-refractivity contribution in [3.8, 4) is 12.3 Å². The lowest BCUT2D eigenvalue weighted by Gasteiger charge is -2.28. The largest absolute Gasteiger partial charge is 0.416 e. The Bertz CT molecular complexity index is 1080. The van der Waals surface area contributed by atoms with Crippen molar-refractivity contribution in [1.29, 1.82) is 10.5 Å². The number of nitrogens with two attached hydrogens (primary N) is 2. The van der Waals surface area contributed by atoms with Crippen molar-refractivity contribution < 1.29 is 13.2 Å². The lowest BCUT2D eigenvalue weighted by molar-refractivity contribution is -0.138. The van der Waals surface area contributed by atoms with Crippen molar-refractivity contribution in [3.05, 3.63) is 46.0 Å². The van der Waals surface area contributed by atoms with Gasteiger partial charge in [-0.1, -0.05) is 17.7 Å². The van der Waals surface area contributed by atoms with Crippen LogP contribution in [0.15, 0.2) is 23.2 Å². The summed E-state index contributed by atoms with van der Waals surface area (Å²) in [6.45, 7) is 1.63. The summed E-state index contributed by atoms with van der Waals surface area (Å²) in [5, 5.41) is 23.0. The number of nitrogen functional groups attached to an aromatic ring is 2. The van der Waals surface area contributed by atoms with Gasteiger partial charge in [0.25, 0.3) is 0 Å². The monoisotopic (exact) mass is 386 g/mol. The first-order chi connectivity index (χ1) is 13.2. The first-order valence-electron chi connectivity index (χ1n) is 7.84. The summed E-state index contributed by atoms with van der Waals surface area (Å²) < 4.78 is 40.8. The van der Waals surface area contributed by atoms with Crippen LogP contribution in [0.1, 0.15) is 33.9 Å². The molecule has 1 aromatic carbocycles. The minimum Gasteiger partial charge on any atom is -0.397 e. The standard InChI is InChI=1S/C17H13F3N8/c1-7-2-3-10(17(18,19)20)8(4-7)13-11-12(23)9(5-21)14(24)27-15(11)28-16(26-13)25-6-22/h2-4,13H,1H3,(H6,23,24,25,26,27,28). The molecule has 0 amide bonds. The maximum absolute atomic E-state index is 13.6. The van der Waals surface area contributed by atoms with Crippen LogP contribution in [0.25, 0.3) is 0 Å². The molecule has 0 radical (unpaired) electrons. The summed E-state index contributed by atoms with van der Waals surface area (Å²) in [6, 6.07) is 4.15. The number of aliphatic imine (C=N–C) groups is 1. The smallest absolute Gasteiger partial charge is 0.397 e. The van der Waals surface area contributed by atoms with Gasteiger partial charge in [0.15, 0.2) is 6.19 Å². The van der Waals surface area contributed by atoms with Gasteiger partial charge in [-0.05, 0) is 18.6 Å². The lowest BCUT2D eigenvalue weighted by atomic mass is 9.90. The van der Waals surface area contributed by atoms with Crippen LogP contribution in [-0.2, 0) is 6.18 Å². The highest BCUT2D eigenvalue weighted by molar-refractivity contribution is 5.98. The fraction of sp³-hybridized carbons (Fsp3) is 0.176. The van der Waals surface area contributed by atoms with Crippen LogP contribution in [0.5, 0.6) is 0 Å². The van der Waals surface area contributed by atoms with Gasteiger partial charge in [0.05, 0.1) is 11.3 Å². The Morgan fingerprint density at radius 3 is 2.57 bits per heavy atom. The maximum Gasteiger partial charge on any atom is 0.416 e. The molecule has 8 nitrogen and oxygen atoms in total. The minimum atomic E-state index is -4.65. The van der Waals surface area contributed by atoms with E-state index in [4.69, 9.17) is 16.7 Å². The number of anilines is 3. The molecule has 2 aromatic rings. The number of benzene rings is 1. The number of hydrogen-bond donors (Lipinski definition) is 4. The first kappa shape index (κ1) is 18.8. The minimum absolute atomic E-state index is 0.0152. The number of nitriles is 2. The number of pyridine rings is 1. The molecular formula is C17H13F3N8. The maximum atomic E-state index is 13.6. The van der Waals surface area contributed by atoms with E-state index in [0.717, 1.165) is 6.07 Å². The van der Waals surface area contributed by atoms with E-state index in [1.807, 2.05) is 0 Å². The molecule has 1 aliphatic rings. The van der Waals surface area contributed by atoms with Crippen LogP contribution in [0.4, 0.5) is 30.5 Å². The fourth-order valence-corrected chi connectivity index (χ4v) is 2.97. The number of nitrogens with zero attached hydrogens (tertiary/aromatic N) is 4. The number of hydrogen-bond acceptors (Lipinski definition) is 8. The highest BCUT2D eigenvalue weighted by Gasteiger charge is 2.38. The molecule has 1 atom stereocenters. The quantitative estimate of drug-likeness (QED) is 0.434. The number of nitrogens with one attached hydrogen (secondary N) is 2. The van der Waals surface area contributed by atoms with E-state index in [1.54, 1.807) is 19.2 Å². The van der Waals surface area contributed by atoms with Crippen LogP contribution >= 0.6 is 0 Å². The van der Waals surface area contributed by atoms with Gasteiger partial charge < -0.3 is 16.8 Å². The number of alkyl halides is 3. The Balaban J connectivity index is 2.35. The van der Waals surface area contributed by atoms with E-state index in [0.29, 0.717) is 5.56 Å². The van der Waals surface area contributed by atoms with E-state index in [-0.39, 0.29) is 40.0 Å². The number of halogens is 3. The molecular weight excluding hydrogens is 373 g/mol. The van der Waals surface area contributed by atoms with Crippen LogP contribution < -0.4 is 22.1 Å². The summed E-state index contributed by atoms with van der Waals surface area (Å²) in [6.07, 6.45) is -3.01. The first-order valence-corrected chi connectivity index (χ1v) is 7.84. The molecule has 1 unspecified atom stereocenters. The van der Waals surface area contributed by atoms with E-state index in [1.165, 1.54) is 12.1 Å². The molecule has 3 rings (SSSR count). The Morgan fingerprint density at radius 2 is 1.96 bits per heavy atom. The third-order valence-electron chi connectivity index (χ3n) is 4.16. The van der Waals surface area contributed by atoms with Gasteiger partial charge in [0.2, 0.25) is 5.96 Å². The molecule has 1 aliphatic heterocycles. The van der Waals surface area contributed by atoms with Gasteiger partial charge in [0, 0.05) is 5.56 Å². The second-order valence-corrected chi connectivity index (χ2v) is 5.99. The molecule has 0 saturated heterocycles. The van der Waals surface area contributed by atoms with Crippen LogP contribution in [0.3, 0.4) is 0 Å². The lowest BCUT2D eigenvalue weighted by Crippen LogP contribution is -2.33. The van der Waals surface area contributed by atoms with E-state index in [2.05, 4.69) is 20.6 Å². The molecule has 0 spiro atoms. The van der Waals surface area contributed by atoms with Crippen molar-refractivity contribution in [2.75, 3.05) is 16.8 Å². The highest BCUT2D eigenvalue weighted by atomic mass is 19.4. The Labute approximate surface area is 157 Å². The number of aryl methyl sites for hydroxylation is 1. The van der Waals surface area contributed by atoms with Crippen molar-refractivity contribution in [2.24, 2.45) is 4.99 Å². The molecule has 142 valence electrons. The highest BCUT2D eigenvalue weighted by Crippen LogP contribution is 2.44. The van der Waals surface area contributed by atoms with Crippen molar-refractivity contribution in [1.82, 2.24) is 10.3 Å². The van der Waals surface area contributed by atoms with E-state index < -0.39 is 17.8 Å². The van der Waals surface area contributed by atoms with E-state index >= 15 is 0 Å². The van der Waals surface area contributed by atoms with Gasteiger partial charge in [-0.15, -0.1) is 0 Å². The van der Waals surface area contributed by atoms with Gasteiger partial charge in [-0.3, -0.25) is 5.32 Å². The summed E-state index contributed by atoms with van der Waals surface area (Å²) in [4.78, 5) is 8.19. The molecule has 0 saturated carbocycles. The number of aromatic nitrogens is 1. The third kappa shape index (κ3) is 3.10. The normalized spacial score (nSPS) is 15.5. The average Bonchev–Trinajstić information content (AvgIpc) is 2.60. The molecule has 28 heavy (non-hydrogen) atoms. The number of guanidine groups is 1. The summed E-state index contributed by atoms with van der Waals surface area (Å²) in [7, 11) is 0. The number of fused-ring (bicyclic) bond motifs is 1. The average molecular weight is 386 g/mol. The third-order valence-corrected chi connectivity index (χ3v) is 4.16. The van der Waals surface area contributed by atoms with Crippen molar-refractivity contribution in [3.63, 3.8) is 0 Å². The molecule has 6 N–H and O–H groups in total. The van der Waals surface area contributed by atoms with Gasteiger partial charge in [0.1, 0.15) is 29.3 Å². The SMILES string of the molecule is Cc1ccc(C(F)(F)F)c(C2N=C(NC#N)Nc3nc(N)c(C#N)c(N)c32)c1. The number of rotatable bonds is 1. The van der Waals surface area contributed by atoms with Crippen molar-refractivity contribution >= 4 is 23.3 Å². The zero-order chi connectivity index (χ0) is 20.6. The predicted octanol–water partition coefficient (Wildman–Crippen LogP) is 2.39. The second kappa shape index (κ2) is 6.63. The van der Waals surface area contributed by atoms with Gasteiger partial charge in [-0.25, -0.2) is 9.98 Å². The topological polar surface area (TPSA) is 149 Å². The van der Waals surface area contributed by atoms with E-state index in [9.17, 15) is 18.4 Å². The Kier molecular flexibility index (Phi) is 4.45. The molecule has 0 aliphatic carbocycles. The van der Waals surface area contributed by atoms with Crippen LogP contribution in [0.2, 0.25) is 0 Å². The summed E-state index contributed by atoms with van der Waals surface area (Å²) in [5.41, 5.74) is 11.0. The van der Waals surface area contributed by atoms with Crippen LogP contribution in [0, 0.1) is 29.7 Å². The summed E-state index contributed by atoms with van der Waals surface area (Å²) in [5.74, 6) is -0.296. The predicted molar refractivity (Wildman–Crippen MR) is 95.6 cm³/mol. The molecule has 11 heteroatoms. The Morgan fingerprint density at radius 1 is 1.25 bits per heavy atom. The second-order valence-electron chi connectivity index (χ2n) is 5.99. The fourth-order valence-electron chi connectivity index (χ4n) is 2.97. The zero-order valence-electron chi connectivity index (χ0n) is 14.4. The molecule has 1 aromatic heterocycles. The molecule has 0 fully saturated rings.